The van der Waals surface area contributed by atoms with Crippen molar-refractivity contribution in [2.75, 3.05) is 13.1 Å². The number of likely N-dealkylation sites (tertiary alicyclic amines) is 1. The number of nitrogens with two attached hydrogens (primary N) is 1. The molecule has 0 bridgehead atoms. The van der Waals surface area contributed by atoms with Crippen LogP contribution < -0.4 is 21.7 Å². The minimum atomic E-state index is -4.56. The quantitative estimate of drug-likeness (QED) is 0.176. The van der Waals surface area contributed by atoms with E-state index in [0.717, 1.165) is 12.1 Å². The summed E-state index contributed by atoms with van der Waals surface area (Å²) in [6.07, 6.45) is -2.96. The summed E-state index contributed by atoms with van der Waals surface area (Å²) in [6, 6.07) is -0.351. The van der Waals surface area contributed by atoms with Gasteiger partial charge in [-0.25, -0.2) is 9.59 Å². The monoisotopic (exact) mass is 671 g/mol. The van der Waals surface area contributed by atoms with Gasteiger partial charge in [-0.05, 0) is 76.5 Å². The highest BCUT2D eigenvalue weighted by Gasteiger charge is 2.40. The normalized spacial score (nSPS) is 17.6. The molecule has 0 spiro atoms. The first-order chi connectivity index (χ1) is 21.8. The van der Waals surface area contributed by atoms with Crippen molar-refractivity contribution < 1.29 is 47.0 Å². The predicted octanol–water partition coefficient (Wildman–Crippen LogP) is 3.36. The van der Waals surface area contributed by atoms with E-state index in [9.17, 15) is 42.3 Å². The third-order valence-corrected chi connectivity index (χ3v) is 7.90. The standard InChI is InChI=1S/C32H48F3N5O7/c1-6-19(2)25(28(43)40-17-9-11-24(40)29(44)45)39-27(42)23(18-20-12-14-21(15-13-20)32(33,34)35)38-26(41)22(36)10-7-8-16-37-30(46)47-31(3,4)5/h12-15,19,22-25H,6-11,16-18,36H2,1-5H3,(H,37,46)(H,38,41)(H,39,42)(H,44,45)/t19?,22-,23+,24+,25-/m0/s1. The lowest BCUT2D eigenvalue weighted by atomic mass is 9.96. The minimum Gasteiger partial charge on any atom is -0.480 e. The van der Waals surface area contributed by atoms with E-state index in [2.05, 4.69) is 16.0 Å². The van der Waals surface area contributed by atoms with Gasteiger partial charge in [-0.1, -0.05) is 32.4 Å². The van der Waals surface area contributed by atoms with Crippen LogP contribution in [0.5, 0.6) is 0 Å². The molecule has 0 aromatic heterocycles. The Morgan fingerprint density at radius 1 is 1.04 bits per heavy atom. The van der Waals surface area contributed by atoms with E-state index in [4.69, 9.17) is 10.5 Å². The number of benzene rings is 1. The smallest absolute Gasteiger partial charge is 0.416 e. The van der Waals surface area contributed by atoms with E-state index in [1.807, 2.05) is 0 Å². The van der Waals surface area contributed by atoms with Gasteiger partial charge in [-0.15, -0.1) is 0 Å². The molecule has 1 aliphatic heterocycles. The van der Waals surface area contributed by atoms with Crippen LogP contribution in [0.2, 0.25) is 0 Å². The van der Waals surface area contributed by atoms with Crippen molar-refractivity contribution in [1.29, 1.82) is 0 Å². The van der Waals surface area contributed by atoms with Crippen LogP contribution in [0.15, 0.2) is 24.3 Å². The van der Waals surface area contributed by atoms with Crippen molar-refractivity contribution in [3.8, 4) is 0 Å². The molecule has 1 fully saturated rings. The largest absolute Gasteiger partial charge is 0.480 e. The Labute approximate surface area is 273 Å². The fraction of sp³-hybridized carbons (Fsp3) is 0.656. The summed E-state index contributed by atoms with van der Waals surface area (Å²) in [5.74, 6) is -3.56. The maximum atomic E-state index is 13.7. The second-order valence-corrected chi connectivity index (χ2v) is 12.9. The molecule has 15 heteroatoms. The van der Waals surface area contributed by atoms with Gasteiger partial charge < -0.3 is 36.4 Å². The maximum absolute atomic E-state index is 13.7. The van der Waals surface area contributed by atoms with Crippen LogP contribution in [0.25, 0.3) is 0 Å². The highest BCUT2D eigenvalue weighted by Crippen LogP contribution is 2.29. The number of hydrogen-bond acceptors (Lipinski definition) is 7. The summed E-state index contributed by atoms with van der Waals surface area (Å²) in [5.41, 5.74) is 4.89. The van der Waals surface area contributed by atoms with Gasteiger partial charge in [0.2, 0.25) is 17.7 Å². The second-order valence-electron chi connectivity index (χ2n) is 12.9. The third-order valence-electron chi connectivity index (χ3n) is 7.90. The molecule has 6 N–H and O–H groups in total. The van der Waals surface area contributed by atoms with E-state index in [1.165, 1.54) is 17.0 Å². The molecule has 1 aromatic rings. The van der Waals surface area contributed by atoms with E-state index in [-0.39, 0.29) is 32.4 Å². The number of ether oxygens (including phenoxy) is 1. The van der Waals surface area contributed by atoms with Gasteiger partial charge >= 0.3 is 18.2 Å². The zero-order valence-electron chi connectivity index (χ0n) is 27.6. The molecule has 2 rings (SSSR count). The minimum absolute atomic E-state index is 0.203. The molecule has 4 amide bonds. The lowest BCUT2D eigenvalue weighted by Crippen LogP contribution is -2.59. The summed E-state index contributed by atoms with van der Waals surface area (Å²) in [7, 11) is 0. The van der Waals surface area contributed by atoms with Crippen LogP contribution in [0.1, 0.15) is 84.3 Å². The average molecular weight is 672 g/mol. The summed E-state index contributed by atoms with van der Waals surface area (Å²) in [6.45, 7) is 9.24. The molecule has 1 saturated heterocycles. The number of halogens is 3. The molecular formula is C32H48F3N5O7. The summed E-state index contributed by atoms with van der Waals surface area (Å²) < 4.78 is 44.5. The molecule has 12 nitrogen and oxygen atoms in total. The molecule has 5 atom stereocenters. The highest BCUT2D eigenvalue weighted by molar-refractivity contribution is 5.94. The zero-order chi connectivity index (χ0) is 35.5. The number of aliphatic carboxylic acids is 1. The van der Waals surface area contributed by atoms with Crippen LogP contribution in [0.3, 0.4) is 0 Å². The van der Waals surface area contributed by atoms with Gasteiger partial charge in [0, 0.05) is 19.5 Å². The van der Waals surface area contributed by atoms with Crippen molar-refractivity contribution in [3.05, 3.63) is 35.4 Å². The molecule has 1 heterocycles. The van der Waals surface area contributed by atoms with Gasteiger partial charge in [0.15, 0.2) is 0 Å². The molecule has 47 heavy (non-hydrogen) atoms. The summed E-state index contributed by atoms with van der Waals surface area (Å²) >= 11 is 0. The number of unbranched alkanes of at least 4 members (excludes halogenated alkanes) is 1. The van der Waals surface area contributed by atoms with Gasteiger partial charge in [-0.3, -0.25) is 14.4 Å². The second kappa shape index (κ2) is 17.3. The van der Waals surface area contributed by atoms with Crippen molar-refractivity contribution >= 4 is 29.8 Å². The number of hydrogen-bond donors (Lipinski definition) is 5. The first kappa shape index (κ1) is 39.3. The SMILES string of the molecule is CCC(C)[C@H](NC(=O)[C@@H](Cc1ccc(C(F)(F)F)cc1)NC(=O)[C@@H](N)CCCCNC(=O)OC(C)(C)C)C(=O)N1CCC[C@@H]1C(=O)O. The number of carboxylic acids is 1. The van der Waals surface area contributed by atoms with Crippen LogP contribution in [0, 0.1) is 5.92 Å². The number of amides is 4. The van der Waals surface area contributed by atoms with Gasteiger partial charge in [0.25, 0.3) is 0 Å². The fourth-order valence-corrected chi connectivity index (χ4v) is 5.08. The lowest BCUT2D eigenvalue weighted by Gasteiger charge is -2.31. The average Bonchev–Trinajstić information content (AvgIpc) is 3.48. The first-order valence-electron chi connectivity index (χ1n) is 15.9. The Bertz CT molecular complexity index is 1240. The number of carbonyl (C=O) groups excluding carboxylic acids is 4. The van der Waals surface area contributed by atoms with E-state index in [0.29, 0.717) is 31.2 Å². The summed E-state index contributed by atoms with van der Waals surface area (Å²) in [5, 5.41) is 17.5. The Hall–Kier alpha value is -3.88. The lowest BCUT2D eigenvalue weighted by molar-refractivity contribution is -0.150. The summed E-state index contributed by atoms with van der Waals surface area (Å²) in [4.78, 5) is 65.1. The number of nitrogens with zero attached hydrogens (tertiary/aromatic N) is 1. The van der Waals surface area contributed by atoms with Crippen LogP contribution in [-0.2, 0) is 36.5 Å². The molecule has 1 aliphatic rings. The van der Waals surface area contributed by atoms with Crippen molar-refractivity contribution in [2.45, 2.75) is 116 Å². The number of alkyl halides is 3. The number of carboxylic acid groups (broad SMARTS) is 1. The topological polar surface area (TPSA) is 180 Å². The van der Waals surface area contributed by atoms with Crippen LogP contribution >= 0.6 is 0 Å². The Morgan fingerprint density at radius 2 is 1.68 bits per heavy atom. The maximum Gasteiger partial charge on any atom is 0.416 e. The van der Waals surface area contributed by atoms with Crippen LogP contribution in [0.4, 0.5) is 18.0 Å². The molecule has 1 unspecified atom stereocenters. The van der Waals surface area contributed by atoms with Gasteiger partial charge in [-0.2, -0.15) is 13.2 Å². The number of alkyl carbamates (subject to hydrolysis) is 1. The van der Waals surface area contributed by atoms with Crippen LogP contribution in [-0.4, -0.2) is 82.6 Å². The Morgan fingerprint density at radius 3 is 2.23 bits per heavy atom. The number of nitrogens with one attached hydrogen (secondary N) is 3. The van der Waals surface area contributed by atoms with Crippen molar-refractivity contribution in [1.82, 2.24) is 20.9 Å². The van der Waals surface area contributed by atoms with E-state index < -0.39 is 77.2 Å². The molecule has 0 saturated carbocycles. The number of carbonyl (C=O) groups is 5. The Kier molecular flexibility index (Phi) is 14.5. The third kappa shape index (κ3) is 12.7. The van der Waals surface area contributed by atoms with Crippen molar-refractivity contribution in [2.24, 2.45) is 11.7 Å². The Balaban J connectivity index is 2.17. The molecule has 1 aromatic carbocycles. The molecule has 0 radical (unpaired) electrons. The van der Waals surface area contributed by atoms with E-state index >= 15 is 0 Å². The molecule has 264 valence electrons. The first-order valence-corrected chi connectivity index (χ1v) is 15.9. The van der Waals surface area contributed by atoms with Gasteiger partial charge in [0.1, 0.15) is 23.7 Å². The van der Waals surface area contributed by atoms with Gasteiger partial charge in [0.05, 0.1) is 11.6 Å². The van der Waals surface area contributed by atoms with Crippen molar-refractivity contribution in [3.63, 3.8) is 0 Å². The zero-order valence-corrected chi connectivity index (χ0v) is 27.6. The molecular weight excluding hydrogens is 623 g/mol. The predicted molar refractivity (Wildman–Crippen MR) is 167 cm³/mol. The number of rotatable bonds is 15. The van der Waals surface area contributed by atoms with E-state index in [1.54, 1.807) is 34.6 Å². The molecule has 0 aliphatic carbocycles. The fourth-order valence-electron chi connectivity index (χ4n) is 5.08. The highest BCUT2D eigenvalue weighted by atomic mass is 19.4.